The Morgan fingerprint density at radius 1 is 1.47 bits per heavy atom. The third kappa shape index (κ3) is 3.18. The van der Waals surface area contributed by atoms with E-state index in [1.807, 2.05) is 19.0 Å². The van der Waals surface area contributed by atoms with E-state index < -0.39 is 0 Å². The molecule has 15 heavy (non-hydrogen) atoms. The molecule has 84 valence electrons. The molecule has 1 aromatic carbocycles. The highest BCUT2D eigenvalue weighted by Gasteiger charge is 2.13. The molecule has 0 aliphatic carbocycles. The quantitative estimate of drug-likeness (QED) is 0.781. The molecule has 1 atom stereocenters. The molecule has 1 aromatic rings. The molecule has 1 rings (SSSR count). The van der Waals surface area contributed by atoms with Gasteiger partial charge in [-0.3, -0.25) is 0 Å². The van der Waals surface area contributed by atoms with Crippen LogP contribution in [0.3, 0.4) is 0 Å². The van der Waals surface area contributed by atoms with Gasteiger partial charge in [0.05, 0.1) is 0 Å². The van der Waals surface area contributed by atoms with Crippen molar-refractivity contribution < 1.29 is 9.50 Å². The minimum Gasteiger partial charge on any atom is -0.508 e. The molecule has 0 radical (unpaired) electrons. The molecule has 0 amide bonds. The van der Waals surface area contributed by atoms with Gasteiger partial charge in [0, 0.05) is 18.7 Å². The van der Waals surface area contributed by atoms with Crippen LogP contribution in [0.2, 0.25) is 0 Å². The summed E-state index contributed by atoms with van der Waals surface area (Å²) in [6.45, 7) is 0.479. The predicted molar refractivity (Wildman–Crippen MR) is 58.3 cm³/mol. The van der Waals surface area contributed by atoms with Gasteiger partial charge in [-0.25, -0.2) is 4.39 Å². The number of nitrogens with zero attached hydrogens (tertiary/aromatic N) is 1. The second-order valence-corrected chi connectivity index (χ2v) is 3.83. The lowest BCUT2D eigenvalue weighted by Gasteiger charge is -2.22. The van der Waals surface area contributed by atoms with Crippen LogP contribution in [0.1, 0.15) is 5.56 Å². The van der Waals surface area contributed by atoms with E-state index in [4.69, 9.17) is 10.8 Å². The lowest BCUT2D eigenvalue weighted by atomic mass is 10.0. The highest BCUT2D eigenvalue weighted by atomic mass is 19.1. The van der Waals surface area contributed by atoms with Gasteiger partial charge in [0.25, 0.3) is 0 Å². The van der Waals surface area contributed by atoms with Crippen LogP contribution in [-0.4, -0.2) is 36.7 Å². The van der Waals surface area contributed by atoms with Crippen molar-refractivity contribution in [2.45, 2.75) is 12.5 Å². The van der Waals surface area contributed by atoms with Crippen molar-refractivity contribution in [3.05, 3.63) is 29.6 Å². The molecule has 0 aromatic heterocycles. The average Bonchev–Trinajstić information content (AvgIpc) is 2.16. The lowest BCUT2D eigenvalue weighted by Crippen LogP contribution is -2.37. The van der Waals surface area contributed by atoms with Crippen LogP contribution in [-0.2, 0) is 6.42 Å². The molecule has 0 heterocycles. The zero-order valence-corrected chi connectivity index (χ0v) is 9.07. The van der Waals surface area contributed by atoms with Gasteiger partial charge in [0.1, 0.15) is 11.6 Å². The van der Waals surface area contributed by atoms with Gasteiger partial charge in [-0.1, -0.05) is 6.07 Å². The van der Waals surface area contributed by atoms with E-state index >= 15 is 0 Å². The maximum Gasteiger partial charge on any atom is 0.130 e. The van der Waals surface area contributed by atoms with Crippen LogP contribution in [0.5, 0.6) is 5.75 Å². The fourth-order valence-electron chi connectivity index (χ4n) is 1.43. The van der Waals surface area contributed by atoms with Gasteiger partial charge in [-0.05, 0) is 32.1 Å². The summed E-state index contributed by atoms with van der Waals surface area (Å²) in [5, 5.41) is 9.06. The normalized spacial score (nSPS) is 13.1. The highest BCUT2D eigenvalue weighted by molar-refractivity contribution is 5.28. The number of phenols is 1. The van der Waals surface area contributed by atoms with Gasteiger partial charge >= 0.3 is 0 Å². The van der Waals surface area contributed by atoms with Crippen molar-refractivity contribution in [2.75, 3.05) is 20.6 Å². The monoisotopic (exact) mass is 212 g/mol. The summed E-state index contributed by atoms with van der Waals surface area (Å²) < 4.78 is 13.4. The van der Waals surface area contributed by atoms with Crippen LogP contribution >= 0.6 is 0 Å². The Bertz CT molecular complexity index is 328. The number of rotatable bonds is 4. The van der Waals surface area contributed by atoms with E-state index in [1.54, 1.807) is 6.07 Å². The first-order valence-corrected chi connectivity index (χ1v) is 4.88. The molecule has 0 aliphatic heterocycles. The number of hydrogen-bond acceptors (Lipinski definition) is 3. The molecular formula is C11H17FN2O. The molecule has 0 saturated carbocycles. The van der Waals surface area contributed by atoms with Crippen molar-refractivity contribution >= 4 is 0 Å². The largest absolute Gasteiger partial charge is 0.508 e. The van der Waals surface area contributed by atoms with E-state index in [9.17, 15) is 4.39 Å². The molecule has 0 saturated heterocycles. The van der Waals surface area contributed by atoms with Crippen LogP contribution in [0.4, 0.5) is 4.39 Å². The van der Waals surface area contributed by atoms with Crippen molar-refractivity contribution in [2.24, 2.45) is 5.73 Å². The molecule has 0 fully saturated rings. The fourth-order valence-corrected chi connectivity index (χ4v) is 1.43. The van der Waals surface area contributed by atoms with Crippen molar-refractivity contribution in [3.8, 4) is 5.75 Å². The molecule has 3 nitrogen and oxygen atoms in total. The Morgan fingerprint density at radius 3 is 2.60 bits per heavy atom. The maximum atomic E-state index is 13.4. The van der Waals surface area contributed by atoms with Gasteiger partial charge in [0.15, 0.2) is 0 Å². The van der Waals surface area contributed by atoms with Crippen molar-refractivity contribution in [1.29, 1.82) is 0 Å². The zero-order chi connectivity index (χ0) is 11.4. The molecule has 0 unspecified atom stereocenters. The average molecular weight is 212 g/mol. The van der Waals surface area contributed by atoms with E-state index in [2.05, 4.69) is 0 Å². The first-order valence-electron chi connectivity index (χ1n) is 4.88. The third-order valence-corrected chi connectivity index (χ3v) is 2.49. The zero-order valence-electron chi connectivity index (χ0n) is 9.07. The minimum absolute atomic E-state index is 0.0506. The van der Waals surface area contributed by atoms with E-state index in [-0.39, 0.29) is 17.6 Å². The highest BCUT2D eigenvalue weighted by Crippen LogP contribution is 2.17. The minimum atomic E-state index is -0.379. The smallest absolute Gasteiger partial charge is 0.130 e. The SMILES string of the molecule is CN(C)[C@H](CN)Cc1ccc(O)cc1F. The van der Waals surface area contributed by atoms with Gasteiger partial charge < -0.3 is 15.7 Å². The number of nitrogens with two attached hydrogens (primary N) is 1. The summed E-state index contributed by atoms with van der Waals surface area (Å²) in [4.78, 5) is 1.96. The number of likely N-dealkylation sites (N-methyl/N-ethyl adjacent to an activating group) is 1. The number of aromatic hydroxyl groups is 1. The summed E-state index contributed by atoms with van der Waals surface area (Å²) in [5.74, 6) is -0.430. The Labute approximate surface area is 89.3 Å². The van der Waals surface area contributed by atoms with Gasteiger partial charge in [-0.2, -0.15) is 0 Å². The summed E-state index contributed by atoms with van der Waals surface area (Å²) in [7, 11) is 3.83. The van der Waals surface area contributed by atoms with Crippen LogP contribution in [0, 0.1) is 5.82 Å². The molecular weight excluding hydrogens is 195 g/mol. The lowest BCUT2D eigenvalue weighted by molar-refractivity contribution is 0.295. The summed E-state index contributed by atoms with van der Waals surface area (Å²) in [6.07, 6.45) is 0.551. The van der Waals surface area contributed by atoms with E-state index in [0.29, 0.717) is 18.5 Å². The number of phenolic OH excluding ortho intramolecular Hbond substituents is 1. The third-order valence-electron chi connectivity index (χ3n) is 2.49. The molecule has 3 N–H and O–H groups in total. The number of benzene rings is 1. The molecule has 0 spiro atoms. The first kappa shape index (κ1) is 11.9. The van der Waals surface area contributed by atoms with Gasteiger partial charge in [-0.15, -0.1) is 0 Å². The Morgan fingerprint density at radius 2 is 2.13 bits per heavy atom. The molecule has 0 aliphatic rings. The van der Waals surface area contributed by atoms with E-state index in [0.717, 1.165) is 6.07 Å². The number of hydrogen-bond donors (Lipinski definition) is 2. The predicted octanol–water partition coefficient (Wildman–Crippen LogP) is 0.963. The molecule has 0 bridgehead atoms. The summed E-state index contributed by atoms with van der Waals surface area (Å²) >= 11 is 0. The maximum absolute atomic E-state index is 13.4. The molecule has 4 heteroatoms. The van der Waals surface area contributed by atoms with E-state index in [1.165, 1.54) is 6.07 Å². The Kier molecular flexibility index (Phi) is 4.05. The standard InChI is InChI=1S/C11H17FN2O/c1-14(2)9(7-13)5-8-3-4-10(15)6-11(8)12/h3-4,6,9,15H,5,7,13H2,1-2H3/t9-/m0/s1. The second kappa shape index (κ2) is 5.09. The van der Waals surface area contributed by atoms with Crippen molar-refractivity contribution in [1.82, 2.24) is 4.90 Å². The van der Waals surface area contributed by atoms with Crippen LogP contribution in [0.15, 0.2) is 18.2 Å². The summed E-state index contributed by atoms with van der Waals surface area (Å²) in [5.41, 5.74) is 6.17. The Balaban J connectivity index is 2.79. The fraction of sp³-hybridized carbons (Fsp3) is 0.455. The summed E-state index contributed by atoms with van der Waals surface area (Å²) in [6, 6.07) is 4.32. The van der Waals surface area contributed by atoms with Crippen molar-refractivity contribution in [3.63, 3.8) is 0 Å². The topological polar surface area (TPSA) is 49.5 Å². The second-order valence-electron chi connectivity index (χ2n) is 3.83. The van der Waals surface area contributed by atoms with Gasteiger partial charge in [0.2, 0.25) is 0 Å². The van der Waals surface area contributed by atoms with Crippen LogP contribution in [0.25, 0.3) is 0 Å². The Hall–Kier alpha value is -1.13. The first-order chi connectivity index (χ1) is 7.04. The number of halogens is 1. The van der Waals surface area contributed by atoms with Crippen LogP contribution < -0.4 is 5.73 Å².